The van der Waals surface area contributed by atoms with Crippen LogP contribution in [0, 0.1) is 0 Å². The van der Waals surface area contributed by atoms with E-state index in [4.69, 9.17) is 20.8 Å². The number of nitrogens with zero attached hydrogens (tertiary/aromatic N) is 1. The smallest absolute Gasteiger partial charge is 0.409 e. The van der Waals surface area contributed by atoms with Gasteiger partial charge in [-0.1, -0.05) is 23.7 Å². The van der Waals surface area contributed by atoms with E-state index in [2.05, 4.69) is 5.32 Å². The third-order valence-electron chi connectivity index (χ3n) is 4.78. The van der Waals surface area contributed by atoms with Gasteiger partial charge in [0.2, 0.25) is 11.7 Å². The molecule has 1 aliphatic rings. The number of rotatable bonds is 3. The van der Waals surface area contributed by atoms with Gasteiger partial charge < -0.3 is 14.5 Å². The van der Waals surface area contributed by atoms with Crippen molar-refractivity contribution in [1.29, 1.82) is 0 Å². The summed E-state index contributed by atoms with van der Waals surface area (Å²) in [5.74, 6) is -3.32. The summed E-state index contributed by atoms with van der Waals surface area (Å²) < 4.78 is 51.4. The first-order valence-corrected chi connectivity index (χ1v) is 9.65. The van der Waals surface area contributed by atoms with Gasteiger partial charge in [-0.3, -0.25) is 14.5 Å². The maximum absolute atomic E-state index is 13.7. The van der Waals surface area contributed by atoms with E-state index in [-0.39, 0.29) is 17.1 Å². The van der Waals surface area contributed by atoms with Gasteiger partial charge in [-0.2, -0.15) is 13.2 Å². The van der Waals surface area contributed by atoms with E-state index in [1.54, 1.807) is 12.1 Å². The Labute approximate surface area is 183 Å². The molecule has 166 valence electrons. The molecule has 0 saturated carbocycles. The Morgan fingerprint density at radius 3 is 2.69 bits per heavy atom. The molecule has 1 atom stereocenters. The summed E-state index contributed by atoms with van der Waals surface area (Å²) in [5.41, 5.74) is 0.231. The van der Waals surface area contributed by atoms with Gasteiger partial charge in [0.05, 0.1) is 17.8 Å². The molecule has 7 nitrogen and oxygen atoms in total. The van der Waals surface area contributed by atoms with Crippen molar-refractivity contribution in [3.05, 3.63) is 59.3 Å². The fourth-order valence-electron chi connectivity index (χ4n) is 3.38. The van der Waals surface area contributed by atoms with Crippen LogP contribution in [-0.2, 0) is 14.3 Å². The summed E-state index contributed by atoms with van der Waals surface area (Å²) in [6.07, 6.45) is -5.89. The predicted octanol–water partition coefficient (Wildman–Crippen LogP) is 4.55. The minimum Gasteiger partial charge on any atom is -0.450 e. The number of nitrogens with one attached hydrogen (secondary N) is 1. The van der Waals surface area contributed by atoms with Crippen LogP contribution < -0.4 is 10.2 Å². The Bertz CT molecular complexity index is 1220. The zero-order valence-electron chi connectivity index (χ0n) is 16.1. The highest BCUT2D eigenvalue weighted by molar-refractivity contribution is 6.31. The highest BCUT2D eigenvalue weighted by atomic mass is 35.5. The lowest BCUT2D eigenvalue weighted by Gasteiger charge is -2.31. The lowest BCUT2D eigenvalue weighted by atomic mass is 10.1. The van der Waals surface area contributed by atoms with Gasteiger partial charge in [-0.25, -0.2) is 4.79 Å². The minimum absolute atomic E-state index is 0.0399. The molecule has 0 bridgehead atoms. The SMILES string of the molecule is O=C1CC(C(F)(F)F)N(C(=O)COC(=O)c2cc3cc(Cl)ccc3o2)c2ccccc2N1. The van der Waals surface area contributed by atoms with Gasteiger partial charge in [-0.05, 0) is 36.4 Å². The number of fused-ring (bicyclic) bond motifs is 2. The monoisotopic (exact) mass is 466 g/mol. The fourth-order valence-corrected chi connectivity index (χ4v) is 3.56. The molecule has 0 aliphatic carbocycles. The first-order valence-electron chi connectivity index (χ1n) is 9.27. The molecular weight excluding hydrogens is 453 g/mol. The number of benzene rings is 2. The lowest BCUT2D eigenvalue weighted by Crippen LogP contribution is -2.51. The van der Waals surface area contributed by atoms with E-state index < -0.39 is 43.0 Å². The molecule has 4 rings (SSSR count). The second-order valence-electron chi connectivity index (χ2n) is 6.96. The number of anilines is 2. The summed E-state index contributed by atoms with van der Waals surface area (Å²) in [6, 6.07) is 9.12. The molecule has 0 saturated heterocycles. The molecule has 1 aromatic heterocycles. The summed E-state index contributed by atoms with van der Waals surface area (Å²) >= 11 is 5.88. The van der Waals surface area contributed by atoms with Gasteiger partial charge in [0.15, 0.2) is 6.61 Å². The Morgan fingerprint density at radius 1 is 1.19 bits per heavy atom. The van der Waals surface area contributed by atoms with Crippen LogP contribution in [0.1, 0.15) is 17.0 Å². The second-order valence-corrected chi connectivity index (χ2v) is 7.40. The third kappa shape index (κ3) is 4.26. The summed E-state index contributed by atoms with van der Waals surface area (Å²) in [5, 5.41) is 3.28. The number of amides is 2. The number of alkyl halides is 3. The molecule has 3 aromatic rings. The zero-order valence-corrected chi connectivity index (χ0v) is 16.9. The number of carbonyl (C=O) groups excluding carboxylic acids is 3. The molecule has 32 heavy (non-hydrogen) atoms. The van der Waals surface area contributed by atoms with E-state index in [0.717, 1.165) is 0 Å². The van der Waals surface area contributed by atoms with E-state index in [9.17, 15) is 27.6 Å². The number of hydrogen-bond donors (Lipinski definition) is 1. The van der Waals surface area contributed by atoms with Gasteiger partial charge in [0, 0.05) is 10.4 Å². The predicted molar refractivity (Wildman–Crippen MR) is 109 cm³/mol. The normalized spacial score (nSPS) is 16.3. The van der Waals surface area contributed by atoms with Crippen LogP contribution in [0.5, 0.6) is 0 Å². The van der Waals surface area contributed by atoms with Crippen molar-refractivity contribution in [2.24, 2.45) is 0 Å². The minimum atomic E-state index is -4.90. The Morgan fingerprint density at radius 2 is 1.94 bits per heavy atom. The number of hydrogen-bond acceptors (Lipinski definition) is 5. The number of esters is 1. The summed E-state index contributed by atoms with van der Waals surface area (Å²) in [6.45, 7) is -0.994. The Kier molecular flexibility index (Phi) is 5.55. The third-order valence-corrected chi connectivity index (χ3v) is 5.02. The molecule has 2 aromatic carbocycles. The number of ether oxygens (including phenoxy) is 1. The lowest BCUT2D eigenvalue weighted by molar-refractivity contribution is -0.158. The number of halogens is 4. The van der Waals surface area contributed by atoms with Crippen molar-refractivity contribution >= 4 is 51.7 Å². The quantitative estimate of drug-likeness (QED) is 0.572. The van der Waals surface area contributed by atoms with Crippen LogP contribution in [0.3, 0.4) is 0 Å². The molecule has 0 radical (unpaired) electrons. The summed E-state index contributed by atoms with van der Waals surface area (Å²) in [4.78, 5) is 37.5. The number of furan rings is 1. The largest absolute Gasteiger partial charge is 0.450 e. The van der Waals surface area contributed by atoms with Gasteiger partial charge in [0.1, 0.15) is 11.6 Å². The highest BCUT2D eigenvalue weighted by Crippen LogP contribution is 2.37. The van der Waals surface area contributed by atoms with Crippen molar-refractivity contribution in [2.75, 3.05) is 16.8 Å². The van der Waals surface area contributed by atoms with Gasteiger partial charge in [-0.15, -0.1) is 0 Å². The molecule has 2 heterocycles. The topological polar surface area (TPSA) is 88.8 Å². The van der Waals surface area contributed by atoms with Crippen molar-refractivity contribution in [1.82, 2.24) is 0 Å². The van der Waals surface area contributed by atoms with Crippen molar-refractivity contribution < 1.29 is 36.7 Å². The summed E-state index contributed by atoms with van der Waals surface area (Å²) in [7, 11) is 0. The van der Waals surface area contributed by atoms with Crippen molar-refractivity contribution in [2.45, 2.75) is 18.6 Å². The molecule has 11 heteroatoms. The Hall–Kier alpha value is -3.53. The fraction of sp³-hybridized carbons (Fsp3) is 0.190. The standard InChI is InChI=1S/C21H14ClF3N2O5/c22-12-5-6-15-11(7-12)8-16(32-15)20(30)31-10-19(29)27-14-4-2-1-3-13(14)26-18(28)9-17(27)21(23,24)25/h1-8,17H,9-10H2,(H,26,28). The zero-order chi connectivity index (χ0) is 23.0. The highest BCUT2D eigenvalue weighted by Gasteiger charge is 2.49. The molecule has 0 fully saturated rings. The van der Waals surface area contributed by atoms with Crippen LogP contribution in [-0.4, -0.2) is 36.6 Å². The average Bonchev–Trinajstić information content (AvgIpc) is 3.07. The molecule has 2 amide bonds. The molecule has 1 aliphatic heterocycles. The van der Waals surface area contributed by atoms with Crippen LogP contribution >= 0.6 is 11.6 Å². The maximum atomic E-state index is 13.7. The van der Waals surface area contributed by atoms with Crippen LogP contribution in [0.4, 0.5) is 24.5 Å². The van der Waals surface area contributed by atoms with E-state index in [0.29, 0.717) is 20.9 Å². The second kappa shape index (κ2) is 8.19. The first kappa shape index (κ1) is 21.7. The van der Waals surface area contributed by atoms with Crippen LogP contribution in [0.25, 0.3) is 11.0 Å². The van der Waals surface area contributed by atoms with E-state index in [1.165, 1.54) is 36.4 Å². The van der Waals surface area contributed by atoms with Gasteiger partial charge >= 0.3 is 12.1 Å². The van der Waals surface area contributed by atoms with Crippen LogP contribution in [0.2, 0.25) is 5.02 Å². The molecular formula is C21H14ClF3N2O5. The first-order chi connectivity index (χ1) is 15.1. The average molecular weight is 467 g/mol. The molecule has 0 spiro atoms. The van der Waals surface area contributed by atoms with Gasteiger partial charge in [0.25, 0.3) is 5.91 Å². The number of carbonyl (C=O) groups is 3. The van der Waals surface area contributed by atoms with E-state index >= 15 is 0 Å². The van der Waals surface area contributed by atoms with E-state index in [1.807, 2.05) is 0 Å². The maximum Gasteiger partial charge on any atom is 0.409 e. The Balaban J connectivity index is 1.58. The molecule has 1 unspecified atom stereocenters. The molecule has 1 N–H and O–H groups in total. The van der Waals surface area contributed by atoms with Crippen LogP contribution in [0.15, 0.2) is 52.9 Å². The van der Waals surface area contributed by atoms with Crippen molar-refractivity contribution in [3.8, 4) is 0 Å². The number of para-hydroxylation sites is 2. The van der Waals surface area contributed by atoms with Crippen molar-refractivity contribution in [3.63, 3.8) is 0 Å².